The molecule has 0 aromatic carbocycles. The minimum Gasteiger partial charge on any atom is -0.459 e. The van der Waals surface area contributed by atoms with E-state index in [-0.39, 0.29) is 23.5 Å². The van der Waals surface area contributed by atoms with E-state index in [1.165, 1.54) is 13.8 Å². The Hall–Kier alpha value is -0.443. The van der Waals surface area contributed by atoms with Gasteiger partial charge in [-0.1, -0.05) is 36.7 Å². The number of carbonyl (C=O) groups excluding carboxylic acids is 2. The number of hydrogen-bond donors (Lipinski definition) is 0. The summed E-state index contributed by atoms with van der Waals surface area (Å²) in [6.07, 6.45) is -1.77. The summed E-state index contributed by atoms with van der Waals surface area (Å²) < 4.78 is 23.0. The van der Waals surface area contributed by atoms with E-state index in [1.54, 1.807) is 0 Å². The SMILES string of the molecule is CC(=O)O[C@@H]1C[C@@H](OC(C)=O)[C@H](O[Si](C)(C)C(C)(C)C)C(CBr)O1. The summed E-state index contributed by atoms with van der Waals surface area (Å²) in [5.74, 6) is -0.820. The minimum absolute atomic E-state index is 0.0113. The van der Waals surface area contributed by atoms with Crippen LogP contribution in [0.1, 0.15) is 41.0 Å². The molecule has 1 heterocycles. The molecular weight excluding hydrogens is 396 g/mol. The quantitative estimate of drug-likeness (QED) is 0.382. The second-order valence-electron chi connectivity index (χ2n) is 7.59. The molecule has 1 saturated heterocycles. The van der Waals surface area contributed by atoms with Gasteiger partial charge in [0.1, 0.15) is 12.2 Å². The van der Waals surface area contributed by atoms with Gasteiger partial charge in [-0.05, 0) is 18.1 Å². The lowest BCUT2D eigenvalue weighted by atomic mass is 10.0. The molecule has 0 radical (unpaired) electrons. The van der Waals surface area contributed by atoms with E-state index >= 15 is 0 Å². The summed E-state index contributed by atoms with van der Waals surface area (Å²) in [5.41, 5.74) is 0. The van der Waals surface area contributed by atoms with Crippen molar-refractivity contribution in [3.05, 3.63) is 0 Å². The van der Waals surface area contributed by atoms with Crippen LogP contribution in [-0.2, 0) is 28.2 Å². The minimum atomic E-state index is -2.10. The topological polar surface area (TPSA) is 71.1 Å². The smallest absolute Gasteiger partial charge is 0.304 e. The Morgan fingerprint density at radius 1 is 1.17 bits per heavy atom. The fourth-order valence-electron chi connectivity index (χ4n) is 2.27. The zero-order chi connectivity index (χ0) is 18.7. The van der Waals surface area contributed by atoms with Crippen molar-refractivity contribution in [1.82, 2.24) is 0 Å². The first-order valence-corrected chi connectivity index (χ1v) is 12.1. The van der Waals surface area contributed by atoms with Crippen molar-refractivity contribution in [2.45, 2.75) is 83.8 Å². The molecule has 0 aromatic rings. The summed E-state index contributed by atoms with van der Waals surface area (Å²) in [6, 6.07) is 0. The maximum Gasteiger partial charge on any atom is 0.304 e. The monoisotopic (exact) mass is 424 g/mol. The molecule has 1 fully saturated rings. The van der Waals surface area contributed by atoms with Gasteiger partial charge in [-0.2, -0.15) is 0 Å². The number of ether oxygens (including phenoxy) is 3. The number of hydrogen-bond acceptors (Lipinski definition) is 6. The second kappa shape index (κ2) is 8.29. The van der Waals surface area contributed by atoms with E-state index in [1.807, 2.05) is 0 Å². The molecule has 8 heteroatoms. The molecule has 6 nitrogen and oxygen atoms in total. The van der Waals surface area contributed by atoms with Crippen LogP contribution >= 0.6 is 15.9 Å². The molecule has 0 aliphatic carbocycles. The van der Waals surface area contributed by atoms with Crippen LogP contribution in [0.15, 0.2) is 0 Å². The lowest BCUT2D eigenvalue weighted by Crippen LogP contribution is -2.57. The van der Waals surface area contributed by atoms with Gasteiger partial charge in [0, 0.05) is 25.6 Å². The third-order valence-corrected chi connectivity index (χ3v) is 9.60. The number of alkyl halides is 1. The van der Waals surface area contributed by atoms with Crippen molar-refractivity contribution < 1.29 is 28.2 Å². The van der Waals surface area contributed by atoms with Crippen LogP contribution in [0.25, 0.3) is 0 Å². The van der Waals surface area contributed by atoms with Crippen LogP contribution in [0.5, 0.6) is 0 Å². The van der Waals surface area contributed by atoms with Gasteiger partial charge in [0.2, 0.25) is 6.29 Å². The molecular formula is C16H29BrO6Si. The van der Waals surface area contributed by atoms with E-state index in [0.717, 1.165) is 0 Å². The average molecular weight is 425 g/mol. The Balaban J connectivity index is 3.03. The van der Waals surface area contributed by atoms with Crippen molar-refractivity contribution in [3.8, 4) is 0 Å². The Labute approximate surface area is 153 Å². The Morgan fingerprint density at radius 3 is 2.12 bits per heavy atom. The Morgan fingerprint density at radius 2 is 1.71 bits per heavy atom. The highest BCUT2D eigenvalue weighted by Gasteiger charge is 2.48. The van der Waals surface area contributed by atoms with Gasteiger partial charge >= 0.3 is 11.9 Å². The number of rotatable bonds is 5. The van der Waals surface area contributed by atoms with Gasteiger partial charge in [-0.15, -0.1) is 0 Å². The molecule has 140 valence electrons. The first kappa shape index (κ1) is 21.6. The van der Waals surface area contributed by atoms with Gasteiger partial charge in [0.15, 0.2) is 8.32 Å². The van der Waals surface area contributed by atoms with E-state index in [9.17, 15) is 9.59 Å². The predicted molar refractivity (Wildman–Crippen MR) is 96.5 cm³/mol. The zero-order valence-electron chi connectivity index (χ0n) is 15.6. The molecule has 1 rings (SSSR count). The summed E-state index contributed by atoms with van der Waals surface area (Å²) in [5, 5.41) is 0.499. The summed E-state index contributed by atoms with van der Waals surface area (Å²) >= 11 is 3.43. The third kappa shape index (κ3) is 5.82. The van der Waals surface area contributed by atoms with Crippen LogP contribution in [-0.4, -0.2) is 50.2 Å². The van der Waals surface area contributed by atoms with Gasteiger partial charge in [-0.3, -0.25) is 9.59 Å². The fraction of sp³-hybridized carbons (Fsp3) is 0.875. The summed E-state index contributed by atoms with van der Waals surface area (Å²) in [6.45, 7) is 13.4. The van der Waals surface area contributed by atoms with Crippen molar-refractivity contribution in [2.24, 2.45) is 0 Å². The average Bonchev–Trinajstić information content (AvgIpc) is 2.38. The largest absolute Gasteiger partial charge is 0.459 e. The van der Waals surface area contributed by atoms with Crippen molar-refractivity contribution in [1.29, 1.82) is 0 Å². The predicted octanol–water partition coefficient (Wildman–Crippen LogP) is 3.38. The van der Waals surface area contributed by atoms with Gasteiger partial charge in [0.25, 0.3) is 0 Å². The molecule has 24 heavy (non-hydrogen) atoms. The number of esters is 2. The van der Waals surface area contributed by atoms with Crippen LogP contribution in [0.4, 0.5) is 0 Å². The van der Waals surface area contributed by atoms with E-state index in [4.69, 9.17) is 18.6 Å². The lowest BCUT2D eigenvalue weighted by Gasteiger charge is -2.46. The number of halogens is 1. The zero-order valence-corrected chi connectivity index (χ0v) is 18.1. The molecule has 0 bridgehead atoms. The molecule has 0 spiro atoms. The first-order chi connectivity index (χ1) is 10.9. The molecule has 1 aliphatic rings. The first-order valence-electron chi connectivity index (χ1n) is 8.11. The molecule has 0 aromatic heterocycles. The van der Waals surface area contributed by atoms with E-state index in [0.29, 0.717) is 5.33 Å². The van der Waals surface area contributed by atoms with Crippen molar-refractivity contribution in [2.75, 3.05) is 5.33 Å². The molecule has 1 aliphatic heterocycles. The Bertz CT molecular complexity index is 462. The lowest BCUT2D eigenvalue weighted by molar-refractivity contribution is -0.240. The second-order valence-corrected chi connectivity index (χ2v) is 13.0. The van der Waals surface area contributed by atoms with Crippen molar-refractivity contribution in [3.63, 3.8) is 0 Å². The van der Waals surface area contributed by atoms with Crippen LogP contribution in [0, 0.1) is 0 Å². The maximum absolute atomic E-state index is 11.5. The summed E-state index contributed by atoms with van der Waals surface area (Å²) in [4.78, 5) is 22.7. The van der Waals surface area contributed by atoms with Crippen molar-refractivity contribution >= 4 is 36.2 Å². The van der Waals surface area contributed by atoms with Gasteiger partial charge in [-0.25, -0.2) is 0 Å². The van der Waals surface area contributed by atoms with E-state index < -0.39 is 32.8 Å². The highest BCUT2D eigenvalue weighted by atomic mass is 79.9. The molecule has 0 amide bonds. The van der Waals surface area contributed by atoms with Gasteiger partial charge in [0.05, 0.1) is 6.10 Å². The van der Waals surface area contributed by atoms with Crippen LogP contribution < -0.4 is 0 Å². The fourth-order valence-corrected chi connectivity index (χ4v) is 4.13. The Kier molecular flexibility index (Phi) is 7.46. The summed E-state index contributed by atoms with van der Waals surface area (Å²) in [7, 11) is -2.10. The van der Waals surface area contributed by atoms with Crippen LogP contribution in [0.3, 0.4) is 0 Å². The maximum atomic E-state index is 11.5. The standard InChI is InChI=1S/C16H29BrO6Si/c1-10(18)20-12-8-14(21-11(2)19)22-13(9-17)15(12)23-24(6,7)16(3,4)5/h12-15H,8-9H2,1-7H3/t12-,13?,14+,15+/m1/s1. The van der Waals surface area contributed by atoms with E-state index in [2.05, 4.69) is 49.8 Å². The molecule has 0 N–H and O–H groups in total. The molecule has 1 unspecified atom stereocenters. The normalized spacial score (nSPS) is 28.3. The highest BCUT2D eigenvalue weighted by Crippen LogP contribution is 2.40. The molecule has 4 atom stereocenters. The van der Waals surface area contributed by atoms with Crippen LogP contribution in [0.2, 0.25) is 18.1 Å². The van der Waals surface area contributed by atoms with Gasteiger partial charge < -0.3 is 18.6 Å². The highest BCUT2D eigenvalue weighted by molar-refractivity contribution is 9.09. The third-order valence-electron chi connectivity index (χ3n) is 4.49. The molecule has 0 saturated carbocycles. The number of carbonyl (C=O) groups is 2.